The number of anilines is 1. The summed E-state index contributed by atoms with van der Waals surface area (Å²) >= 11 is 0. The number of halogens is 2. The summed E-state index contributed by atoms with van der Waals surface area (Å²) in [7, 11) is -5.24. The van der Waals surface area contributed by atoms with Crippen molar-refractivity contribution in [3.8, 4) is 0 Å². The fraction of sp³-hybridized carbons (Fsp3) is 0.0769. The highest BCUT2D eigenvalue weighted by atomic mass is 32.2. The number of hydrogen-bond donors (Lipinski definition) is 3. The first-order valence-corrected chi connectivity index (χ1v) is 8.06. The van der Waals surface area contributed by atoms with Crippen LogP contribution in [0.4, 0.5) is 14.5 Å². The number of benzene rings is 1. The van der Waals surface area contributed by atoms with Crippen LogP contribution in [0.1, 0.15) is 10.4 Å². The number of nitrogens with one attached hydrogen (secondary N) is 1. The zero-order chi connectivity index (χ0) is 18.8. The molecule has 0 aliphatic heterocycles. The van der Waals surface area contributed by atoms with Crippen LogP contribution in [0.2, 0.25) is 0 Å². The lowest BCUT2D eigenvalue weighted by molar-refractivity contribution is 0.0595. The van der Waals surface area contributed by atoms with Gasteiger partial charge in [0, 0.05) is 17.7 Å². The molecule has 1 aromatic heterocycles. The molecule has 0 amide bonds. The molecule has 0 saturated carbocycles. The van der Waals surface area contributed by atoms with Crippen LogP contribution in [-0.4, -0.2) is 43.6 Å². The van der Waals surface area contributed by atoms with Gasteiger partial charge in [0.05, 0.1) is 18.4 Å². The van der Waals surface area contributed by atoms with Gasteiger partial charge >= 0.3 is 13.1 Å². The number of ether oxygens (including phenoxy) is 1. The third-order valence-electron chi connectivity index (χ3n) is 3.04. The van der Waals surface area contributed by atoms with E-state index in [2.05, 4.69) is 9.72 Å². The van der Waals surface area contributed by atoms with E-state index in [1.54, 1.807) is 4.72 Å². The third kappa shape index (κ3) is 4.10. The Labute approximate surface area is 141 Å². The Morgan fingerprint density at radius 2 is 1.92 bits per heavy atom. The molecule has 0 bridgehead atoms. The van der Waals surface area contributed by atoms with E-state index in [9.17, 15) is 22.0 Å². The van der Waals surface area contributed by atoms with Crippen molar-refractivity contribution in [2.75, 3.05) is 11.8 Å². The van der Waals surface area contributed by atoms with Gasteiger partial charge in [0.25, 0.3) is 10.0 Å². The molecule has 0 fully saturated rings. The molecule has 3 N–H and O–H groups in total. The first-order chi connectivity index (χ1) is 11.7. The molecule has 12 heteroatoms. The van der Waals surface area contributed by atoms with Crippen LogP contribution >= 0.6 is 0 Å². The molecule has 0 aliphatic rings. The second-order valence-electron chi connectivity index (χ2n) is 4.71. The maximum absolute atomic E-state index is 14.0. The number of nitrogens with zero attached hydrogens (tertiary/aromatic N) is 1. The molecule has 1 heterocycles. The molecule has 1 aromatic carbocycles. The SMILES string of the molecule is COC(=O)c1cc(F)c(NS(=O)(=O)c2ccc(B(O)O)cn2)cc1F. The van der Waals surface area contributed by atoms with Crippen molar-refractivity contribution < 1.29 is 36.8 Å². The van der Waals surface area contributed by atoms with E-state index in [0.29, 0.717) is 12.1 Å². The van der Waals surface area contributed by atoms with E-state index in [4.69, 9.17) is 10.0 Å². The monoisotopic (exact) mass is 372 g/mol. The van der Waals surface area contributed by atoms with Gasteiger partial charge in [-0.05, 0) is 12.1 Å². The third-order valence-corrected chi connectivity index (χ3v) is 4.32. The van der Waals surface area contributed by atoms with E-state index in [0.717, 1.165) is 25.4 Å². The van der Waals surface area contributed by atoms with Crippen molar-refractivity contribution in [3.63, 3.8) is 0 Å². The van der Waals surface area contributed by atoms with Gasteiger partial charge in [-0.2, -0.15) is 8.42 Å². The molecule has 0 spiro atoms. The summed E-state index contributed by atoms with van der Waals surface area (Å²) in [5.41, 5.74) is -1.49. The molecule has 0 radical (unpaired) electrons. The number of methoxy groups -OCH3 is 1. The average Bonchev–Trinajstić information content (AvgIpc) is 2.57. The molecule has 0 atom stereocenters. The first kappa shape index (κ1) is 18.8. The zero-order valence-electron chi connectivity index (χ0n) is 12.6. The lowest BCUT2D eigenvalue weighted by Crippen LogP contribution is -2.30. The van der Waals surface area contributed by atoms with Crippen molar-refractivity contribution in [2.45, 2.75) is 5.03 Å². The fourth-order valence-corrected chi connectivity index (χ4v) is 2.78. The van der Waals surface area contributed by atoms with Crippen LogP contribution < -0.4 is 10.2 Å². The number of carbonyl (C=O) groups is 1. The molecule has 0 unspecified atom stereocenters. The predicted octanol–water partition coefficient (Wildman–Crippen LogP) is -0.373. The maximum Gasteiger partial charge on any atom is 0.490 e. The number of esters is 1. The van der Waals surface area contributed by atoms with E-state index in [-0.39, 0.29) is 5.46 Å². The summed E-state index contributed by atoms with van der Waals surface area (Å²) in [5.74, 6) is -3.50. The minimum Gasteiger partial charge on any atom is -0.465 e. The Morgan fingerprint density at radius 3 is 2.44 bits per heavy atom. The summed E-state index contributed by atoms with van der Waals surface area (Å²) in [6.07, 6.45) is 0.899. The van der Waals surface area contributed by atoms with E-state index in [1.165, 1.54) is 0 Å². The molecular weight excluding hydrogens is 361 g/mol. The van der Waals surface area contributed by atoms with Gasteiger partial charge in [-0.3, -0.25) is 4.72 Å². The lowest BCUT2D eigenvalue weighted by atomic mass is 9.82. The Bertz CT molecular complexity index is 905. The Balaban J connectivity index is 2.34. The van der Waals surface area contributed by atoms with Crippen molar-refractivity contribution in [3.05, 3.63) is 47.7 Å². The van der Waals surface area contributed by atoms with Gasteiger partial charge in [-0.15, -0.1) is 0 Å². The van der Waals surface area contributed by atoms with Crippen LogP contribution in [0.15, 0.2) is 35.5 Å². The van der Waals surface area contributed by atoms with Gasteiger partial charge in [0.1, 0.15) is 11.6 Å². The second-order valence-corrected chi connectivity index (χ2v) is 6.34. The van der Waals surface area contributed by atoms with E-state index in [1.807, 2.05) is 0 Å². The number of aromatic nitrogens is 1. The van der Waals surface area contributed by atoms with E-state index < -0.39 is 51.0 Å². The van der Waals surface area contributed by atoms with Gasteiger partial charge in [0.15, 0.2) is 5.03 Å². The molecular formula is C13H11BF2N2O6S. The van der Waals surface area contributed by atoms with Crippen molar-refractivity contribution in [2.24, 2.45) is 0 Å². The van der Waals surface area contributed by atoms with Gasteiger partial charge < -0.3 is 14.8 Å². The Hall–Kier alpha value is -2.57. The molecule has 0 saturated heterocycles. The zero-order valence-corrected chi connectivity index (χ0v) is 13.4. The molecule has 132 valence electrons. The van der Waals surface area contributed by atoms with Crippen molar-refractivity contribution in [1.82, 2.24) is 4.98 Å². The summed E-state index contributed by atoms with van der Waals surface area (Å²) < 4.78 is 58.1. The summed E-state index contributed by atoms with van der Waals surface area (Å²) in [6, 6.07) is 3.03. The summed E-state index contributed by atoms with van der Waals surface area (Å²) in [4.78, 5) is 14.8. The highest BCUT2D eigenvalue weighted by Gasteiger charge is 2.22. The van der Waals surface area contributed by atoms with Crippen LogP contribution in [0.5, 0.6) is 0 Å². The lowest BCUT2D eigenvalue weighted by Gasteiger charge is -2.10. The fourth-order valence-electron chi connectivity index (χ4n) is 1.79. The standard InChI is InChI=1S/C13H11BF2N2O6S/c1-24-13(19)8-4-10(16)11(5-9(8)15)18-25(22,23)12-3-2-7(6-17-12)14(20)21/h2-6,18,20-21H,1H3. The minimum atomic E-state index is -4.38. The normalized spacial score (nSPS) is 11.1. The molecule has 0 aliphatic carbocycles. The number of pyridine rings is 1. The highest BCUT2D eigenvalue weighted by Crippen LogP contribution is 2.22. The molecule has 2 rings (SSSR count). The van der Waals surface area contributed by atoms with Crippen LogP contribution in [-0.2, 0) is 14.8 Å². The van der Waals surface area contributed by atoms with Crippen LogP contribution in [0, 0.1) is 11.6 Å². The summed E-state index contributed by atoms with van der Waals surface area (Å²) in [5, 5.41) is 17.3. The van der Waals surface area contributed by atoms with Gasteiger partial charge in [0.2, 0.25) is 0 Å². The van der Waals surface area contributed by atoms with E-state index >= 15 is 0 Å². The highest BCUT2D eigenvalue weighted by molar-refractivity contribution is 7.92. The second kappa shape index (κ2) is 7.13. The van der Waals surface area contributed by atoms with Gasteiger partial charge in [-0.25, -0.2) is 18.6 Å². The molecule has 2 aromatic rings. The van der Waals surface area contributed by atoms with Crippen molar-refractivity contribution >= 4 is 34.3 Å². The van der Waals surface area contributed by atoms with Crippen LogP contribution in [0.25, 0.3) is 0 Å². The largest absolute Gasteiger partial charge is 0.490 e. The number of sulfonamides is 1. The number of carbonyl (C=O) groups excluding carboxylic acids is 1. The van der Waals surface area contributed by atoms with Gasteiger partial charge in [-0.1, -0.05) is 6.07 Å². The quantitative estimate of drug-likeness (QED) is 0.483. The van der Waals surface area contributed by atoms with Crippen LogP contribution in [0.3, 0.4) is 0 Å². The number of rotatable bonds is 5. The maximum atomic E-state index is 14.0. The molecule has 8 nitrogen and oxygen atoms in total. The molecule has 25 heavy (non-hydrogen) atoms. The topological polar surface area (TPSA) is 126 Å². The Morgan fingerprint density at radius 1 is 1.24 bits per heavy atom. The predicted molar refractivity (Wildman–Crippen MR) is 82.6 cm³/mol. The summed E-state index contributed by atoms with van der Waals surface area (Å²) in [6.45, 7) is 0. The first-order valence-electron chi connectivity index (χ1n) is 6.58. The average molecular weight is 372 g/mol. The number of hydrogen-bond acceptors (Lipinski definition) is 7. The Kier molecular flexibility index (Phi) is 5.35. The smallest absolute Gasteiger partial charge is 0.465 e. The minimum absolute atomic E-state index is 0.0568. The van der Waals surface area contributed by atoms with Crippen molar-refractivity contribution in [1.29, 1.82) is 0 Å².